The fraction of sp³-hybridized carbons (Fsp3) is 0.455. The van der Waals surface area contributed by atoms with Gasteiger partial charge in [0, 0.05) is 9.30 Å². The molecule has 1 aliphatic rings. The number of hydrogen-bond donors (Lipinski definition) is 0. The van der Waals surface area contributed by atoms with E-state index in [1.54, 1.807) is 0 Å². The van der Waals surface area contributed by atoms with Crippen molar-refractivity contribution in [1.29, 1.82) is 0 Å². The second-order valence-corrected chi connectivity index (χ2v) is 5.74. The predicted molar refractivity (Wildman–Crippen MR) is 63.5 cm³/mol. The van der Waals surface area contributed by atoms with Gasteiger partial charge in [-0.1, -0.05) is 44.8 Å². The summed E-state index contributed by atoms with van der Waals surface area (Å²) in [5.74, 6) is 0.719. The van der Waals surface area contributed by atoms with E-state index in [0.29, 0.717) is 4.83 Å². The van der Waals surface area contributed by atoms with Crippen LogP contribution >= 0.6 is 31.9 Å². The largest absolute Gasteiger partial charge is 0.0839 e. The van der Waals surface area contributed by atoms with E-state index in [-0.39, 0.29) is 0 Å². The molecule has 0 saturated carbocycles. The maximum atomic E-state index is 3.73. The molecule has 2 atom stereocenters. The normalized spacial score (nSPS) is 27.0. The quantitative estimate of drug-likeness (QED) is 0.605. The zero-order valence-corrected chi connectivity index (χ0v) is 10.7. The molecule has 13 heavy (non-hydrogen) atoms. The first-order valence-electron chi connectivity index (χ1n) is 4.62. The van der Waals surface area contributed by atoms with E-state index in [2.05, 4.69) is 57.0 Å². The molecule has 0 spiro atoms. The fourth-order valence-corrected chi connectivity index (χ4v) is 3.01. The number of halogens is 2. The lowest BCUT2D eigenvalue weighted by atomic mass is 9.84. The van der Waals surface area contributed by atoms with E-state index in [1.807, 2.05) is 0 Å². The van der Waals surface area contributed by atoms with Crippen LogP contribution < -0.4 is 0 Å². The molecule has 1 aromatic carbocycles. The molecule has 1 aliphatic carbocycles. The van der Waals surface area contributed by atoms with Crippen LogP contribution in [0.2, 0.25) is 0 Å². The molecule has 0 nitrogen and oxygen atoms in total. The Balaban J connectivity index is 2.50. The molecule has 2 rings (SSSR count). The van der Waals surface area contributed by atoms with Crippen LogP contribution in [0, 0.1) is 0 Å². The topological polar surface area (TPSA) is 0 Å². The lowest BCUT2D eigenvalue weighted by Crippen LogP contribution is -2.08. The first kappa shape index (κ1) is 9.72. The number of hydrogen-bond acceptors (Lipinski definition) is 0. The number of benzene rings is 1. The van der Waals surface area contributed by atoms with Gasteiger partial charge >= 0.3 is 0 Å². The molecule has 2 heteroatoms. The second-order valence-electron chi connectivity index (χ2n) is 3.72. The molecular formula is C11H12Br2. The zero-order valence-electron chi connectivity index (χ0n) is 7.56. The van der Waals surface area contributed by atoms with Crippen LogP contribution in [0.25, 0.3) is 0 Å². The molecule has 1 aromatic rings. The summed E-state index contributed by atoms with van der Waals surface area (Å²) in [6, 6.07) is 6.63. The Morgan fingerprint density at radius 2 is 2.00 bits per heavy atom. The highest BCUT2D eigenvalue weighted by Crippen LogP contribution is 2.42. The van der Waals surface area contributed by atoms with Gasteiger partial charge in [0.05, 0.1) is 0 Å². The van der Waals surface area contributed by atoms with Crippen molar-refractivity contribution in [3.8, 4) is 0 Å². The van der Waals surface area contributed by atoms with Gasteiger partial charge in [-0.05, 0) is 42.0 Å². The lowest BCUT2D eigenvalue weighted by molar-refractivity contribution is 0.587. The summed E-state index contributed by atoms with van der Waals surface area (Å²) >= 11 is 7.24. The fourth-order valence-electron chi connectivity index (χ4n) is 1.97. The van der Waals surface area contributed by atoms with Crippen LogP contribution in [0.15, 0.2) is 22.7 Å². The molecule has 0 saturated heterocycles. The maximum absolute atomic E-state index is 3.73. The molecule has 0 aromatic heterocycles. The summed E-state index contributed by atoms with van der Waals surface area (Å²) in [5.41, 5.74) is 2.98. The van der Waals surface area contributed by atoms with Gasteiger partial charge in [-0.2, -0.15) is 0 Å². The van der Waals surface area contributed by atoms with Crippen LogP contribution in [0.1, 0.15) is 41.6 Å². The summed E-state index contributed by atoms with van der Waals surface area (Å²) in [7, 11) is 0. The minimum atomic E-state index is 0.552. The van der Waals surface area contributed by atoms with Crippen molar-refractivity contribution >= 4 is 31.9 Å². The molecule has 2 unspecified atom stereocenters. The highest BCUT2D eigenvalue weighted by molar-refractivity contribution is 9.10. The monoisotopic (exact) mass is 302 g/mol. The van der Waals surface area contributed by atoms with Gasteiger partial charge < -0.3 is 0 Å². The van der Waals surface area contributed by atoms with Crippen molar-refractivity contribution in [2.45, 2.75) is 30.5 Å². The van der Waals surface area contributed by atoms with E-state index < -0.39 is 0 Å². The van der Waals surface area contributed by atoms with E-state index in [0.717, 1.165) is 5.92 Å². The Bertz CT molecular complexity index is 320. The molecule has 0 radical (unpaired) electrons. The lowest BCUT2D eigenvalue weighted by Gasteiger charge is -2.26. The zero-order chi connectivity index (χ0) is 9.42. The van der Waals surface area contributed by atoms with Crippen molar-refractivity contribution in [3.05, 3.63) is 33.8 Å². The first-order valence-corrected chi connectivity index (χ1v) is 6.33. The Kier molecular flexibility index (Phi) is 2.80. The minimum Gasteiger partial charge on any atom is -0.0839 e. The third-order valence-electron chi connectivity index (χ3n) is 2.77. The highest BCUT2D eigenvalue weighted by atomic mass is 79.9. The van der Waals surface area contributed by atoms with Gasteiger partial charge in [0.25, 0.3) is 0 Å². The number of fused-ring (bicyclic) bond motifs is 1. The molecule has 0 amide bonds. The van der Waals surface area contributed by atoms with Crippen molar-refractivity contribution in [1.82, 2.24) is 0 Å². The van der Waals surface area contributed by atoms with E-state index in [4.69, 9.17) is 0 Å². The van der Waals surface area contributed by atoms with Gasteiger partial charge in [0.15, 0.2) is 0 Å². The molecule has 0 heterocycles. The first-order chi connectivity index (χ1) is 6.18. The van der Waals surface area contributed by atoms with E-state index in [9.17, 15) is 0 Å². The number of alkyl halides is 1. The maximum Gasteiger partial charge on any atom is 0.0398 e. The molecule has 0 aliphatic heterocycles. The average Bonchev–Trinajstić information content (AvgIpc) is 2.12. The Labute approximate surface area is 96.0 Å². The van der Waals surface area contributed by atoms with Gasteiger partial charge in [0.2, 0.25) is 0 Å². The Morgan fingerprint density at radius 1 is 1.23 bits per heavy atom. The molecule has 0 N–H and O–H groups in total. The van der Waals surface area contributed by atoms with Crippen LogP contribution in [0.4, 0.5) is 0 Å². The van der Waals surface area contributed by atoms with Gasteiger partial charge in [-0.15, -0.1) is 0 Å². The number of rotatable bonds is 0. The molecule has 0 bridgehead atoms. The predicted octanol–water partition coefficient (Wildman–Crippen LogP) is 4.78. The van der Waals surface area contributed by atoms with Gasteiger partial charge in [0.1, 0.15) is 0 Å². The molecule has 70 valence electrons. The standard InChI is InChI=1S/C11H12Br2/c1-7-2-5-11(13)10-6-8(12)3-4-9(7)10/h3-4,6-7,11H,2,5H2,1H3. The van der Waals surface area contributed by atoms with Crippen LogP contribution in [-0.4, -0.2) is 0 Å². The Hall–Kier alpha value is 0.180. The van der Waals surface area contributed by atoms with E-state index >= 15 is 0 Å². The Morgan fingerprint density at radius 3 is 2.77 bits per heavy atom. The average molecular weight is 304 g/mol. The second kappa shape index (κ2) is 3.74. The van der Waals surface area contributed by atoms with Crippen LogP contribution in [0.3, 0.4) is 0 Å². The van der Waals surface area contributed by atoms with Crippen molar-refractivity contribution in [3.63, 3.8) is 0 Å². The summed E-state index contributed by atoms with van der Waals surface area (Å²) in [6.45, 7) is 2.31. The summed E-state index contributed by atoms with van der Waals surface area (Å²) in [4.78, 5) is 0.552. The molecule has 0 fully saturated rings. The summed E-state index contributed by atoms with van der Waals surface area (Å²) < 4.78 is 1.18. The summed E-state index contributed by atoms with van der Waals surface area (Å²) in [6.07, 6.45) is 2.55. The SMILES string of the molecule is CC1CCC(Br)c2cc(Br)ccc21. The third kappa shape index (κ3) is 1.84. The van der Waals surface area contributed by atoms with Crippen LogP contribution in [-0.2, 0) is 0 Å². The van der Waals surface area contributed by atoms with Gasteiger partial charge in [-0.3, -0.25) is 0 Å². The van der Waals surface area contributed by atoms with Crippen LogP contribution in [0.5, 0.6) is 0 Å². The van der Waals surface area contributed by atoms with Crippen molar-refractivity contribution in [2.75, 3.05) is 0 Å². The minimum absolute atomic E-state index is 0.552. The van der Waals surface area contributed by atoms with Crippen molar-refractivity contribution < 1.29 is 0 Å². The summed E-state index contributed by atoms with van der Waals surface area (Å²) in [5, 5.41) is 0. The van der Waals surface area contributed by atoms with Gasteiger partial charge in [-0.25, -0.2) is 0 Å². The van der Waals surface area contributed by atoms with E-state index in [1.165, 1.54) is 28.4 Å². The third-order valence-corrected chi connectivity index (χ3v) is 4.21. The highest BCUT2D eigenvalue weighted by Gasteiger charge is 2.22. The molecular weight excluding hydrogens is 292 g/mol. The van der Waals surface area contributed by atoms with Crippen molar-refractivity contribution in [2.24, 2.45) is 0 Å². The smallest absolute Gasteiger partial charge is 0.0398 e.